The third-order valence-corrected chi connectivity index (χ3v) is 6.57. The molecule has 0 bridgehead atoms. The maximum absolute atomic E-state index is 13.2. The van der Waals surface area contributed by atoms with Crippen LogP contribution in [0.1, 0.15) is 19.3 Å². The molecule has 0 atom stereocenters. The Labute approximate surface area is 176 Å². The first-order valence-electron chi connectivity index (χ1n) is 10.9. The molecule has 3 aromatic rings. The molecule has 2 aliphatic rings. The van der Waals surface area contributed by atoms with Crippen molar-refractivity contribution in [1.82, 2.24) is 14.4 Å². The number of amides is 2. The van der Waals surface area contributed by atoms with Gasteiger partial charge in [-0.2, -0.15) is 0 Å². The van der Waals surface area contributed by atoms with Gasteiger partial charge in [-0.05, 0) is 30.5 Å². The largest absolute Gasteiger partial charge is 0.339 e. The molecule has 5 heteroatoms. The zero-order chi connectivity index (χ0) is 20.5. The zero-order valence-electron chi connectivity index (χ0n) is 17.2. The number of carbonyl (C=O) groups is 2. The van der Waals surface area contributed by atoms with Crippen LogP contribution in [-0.4, -0.2) is 52.4 Å². The van der Waals surface area contributed by atoms with E-state index in [4.69, 9.17) is 0 Å². The van der Waals surface area contributed by atoms with Crippen molar-refractivity contribution in [3.05, 3.63) is 60.7 Å². The topological polar surface area (TPSA) is 45.6 Å². The van der Waals surface area contributed by atoms with E-state index in [1.165, 1.54) is 6.42 Å². The van der Waals surface area contributed by atoms with Crippen molar-refractivity contribution in [3.63, 3.8) is 0 Å². The van der Waals surface area contributed by atoms with Crippen molar-refractivity contribution < 1.29 is 9.59 Å². The molecule has 1 saturated carbocycles. The van der Waals surface area contributed by atoms with E-state index in [0.717, 1.165) is 35.0 Å². The molecule has 5 rings (SSSR count). The number of hydrogen-bond acceptors (Lipinski definition) is 2. The van der Waals surface area contributed by atoms with Crippen LogP contribution < -0.4 is 0 Å². The summed E-state index contributed by atoms with van der Waals surface area (Å²) in [5, 5.41) is 1.14. The summed E-state index contributed by atoms with van der Waals surface area (Å²) < 4.78 is 2.12. The highest BCUT2D eigenvalue weighted by molar-refractivity contribution is 5.89. The summed E-state index contributed by atoms with van der Waals surface area (Å²) in [6.45, 7) is 2.86. The minimum absolute atomic E-state index is 0.115. The number of aromatic nitrogens is 1. The van der Waals surface area contributed by atoms with Gasteiger partial charge in [0, 0.05) is 48.7 Å². The van der Waals surface area contributed by atoms with Crippen LogP contribution in [0.5, 0.6) is 0 Å². The van der Waals surface area contributed by atoms with Crippen LogP contribution in [0, 0.1) is 5.92 Å². The van der Waals surface area contributed by atoms with E-state index in [2.05, 4.69) is 34.9 Å². The van der Waals surface area contributed by atoms with E-state index >= 15 is 0 Å². The normalized spacial score (nSPS) is 17.2. The Morgan fingerprint density at radius 2 is 1.50 bits per heavy atom. The van der Waals surface area contributed by atoms with Gasteiger partial charge in [0.1, 0.15) is 6.54 Å². The number of hydrogen-bond donors (Lipinski definition) is 0. The number of benzene rings is 2. The molecule has 2 fully saturated rings. The quantitative estimate of drug-likeness (QED) is 0.668. The fraction of sp³-hybridized carbons (Fsp3) is 0.360. The van der Waals surface area contributed by atoms with E-state index in [1.54, 1.807) is 0 Å². The summed E-state index contributed by atoms with van der Waals surface area (Å²) in [4.78, 5) is 29.5. The molecule has 154 valence electrons. The van der Waals surface area contributed by atoms with E-state index in [0.29, 0.717) is 32.7 Å². The number of rotatable bonds is 4. The van der Waals surface area contributed by atoms with Crippen LogP contribution in [0.3, 0.4) is 0 Å². The third-order valence-electron chi connectivity index (χ3n) is 6.57. The first-order chi connectivity index (χ1) is 14.7. The maximum Gasteiger partial charge on any atom is 0.242 e. The van der Waals surface area contributed by atoms with Gasteiger partial charge in [-0.15, -0.1) is 0 Å². The summed E-state index contributed by atoms with van der Waals surface area (Å²) in [5.41, 5.74) is 3.24. The van der Waals surface area contributed by atoms with Crippen LogP contribution in [0.2, 0.25) is 0 Å². The average molecular weight is 402 g/mol. The van der Waals surface area contributed by atoms with Gasteiger partial charge in [0.25, 0.3) is 0 Å². The lowest BCUT2D eigenvalue weighted by Gasteiger charge is -2.38. The second-order valence-electron chi connectivity index (χ2n) is 8.37. The lowest BCUT2D eigenvalue weighted by molar-refractivity contribution is -0.144. The lowest BCUT2D eigenvalue weighted by Crippen LogP contribution is -2.53. The predicted octanol–water partition coefficient (Wildman–Crippen LogP) is 3.78. The van der Waals surface area contributed by atoms with E-state index in [-0.39, 0.29) is 17.7 Å². The molecule has 0 spiro atoms. The summed E-state index contributed by atoms with van der Waals surface area (Å²) >= 11 is 0. The molecule has 2 amide bonds. The molecule has 1 aliphatic heterocycles. The van der Waals surface area contributed by atoms with Crippen LogP contribution >= 0.6 is 0 Å². The Bertz CT molecular complexity index is 1060. The molecule has 1 aliphatic carbocycles. The number of para-hydroxylation sites is 1. The molecule has 1 saturated heterocycles. The van der Waals surface area contributed by atoms with Gasteiger partial charge in [0.2, 0.25) is 11.8 Å². The van der Waals surface area contributed by atoms with Crippen molar-refractivity contribution in [1.29, 1.82) is 0 Å². The monoisotopic (exact) mass is 401 g/mol. The van der Waals surface area contributed by atoms with E-state index < -0.39 is 0 Å². The van der Waals surface area contributed by atoms with Gasteiger partial charge < -0.3 is 14.4 Å². The number of fused-ring (bicyclic) bond motifs is 1. The highest BCUT2D eigenvalue weighted by atomic mass is 16.2. The summed E-state index contributed by atoms with van der Waals surface area (Å²) in [6, 6.07) is 20.6. The van der Waals surface area contributed by atoms with Gasteiger partial charge in [0.15, 0.2) is 0 Å². The molecule has 0 radical (unpaired) electrons. The number of carbonyl (C=O) groups excluding carboxylic acids is 2. The highest BCUT2D eigenvalue weighted by Gasteiger charge is 2.32. The molecule has 2 heterocycles. The third kappa shape index (κ3) is 3.49. The standard InChI is InChI=1S/C25H27N3O2/c29-24(26-13-15-27(16-14-26)25(30)20-10-6-11-20)18-28-22-12-5-4-9-21(22)17-23(28)19-7-2-1-3-8-19/h1-5,7-9,12,17,20H,6,10-11,13-16,18H2. The first-order valence-corrected chi connectivity index (χ1v) is 10.9. The Morgan fingerprint density at radius 1 is 0.833 bits per heavy atom. The van der Waals surface area contributed by atoms with Crippen LogP contribution in [-0.2, 0) is 16.1 Å². The van der Waals surface area contributed by atoms with E-state index in [9.17, 15) is 9.59 Å². The molecule has 30 heavy (non-hydrogen) atoms. The second-order valence-corrected chi connectivity index (χ2v) is 8.37. The number of nitrogens with zero attached hydrogens (tertiary/aromatic N) is 3. The minimum atomic E-state index is 0.115. The van der Waals surface area contributed by atoms with Crippen LogP contribution in [0.15, 0.2) is 60.7 Å². The fourth-order valence-electron chi connectivity index (χ4n) is 4.55. The second kappa shape index (κ2) is 7.98. The Balaban J connectivity index is 1.33. The van der Waals surface area contributed by atoms with Crippen molar-refractivity contribution in [2.75, 3.05) is 26.2 Å². The molecular weight excluding hydrogens is 374 g/mol. The van der Waals surface area contributed by atoms with Gasteiger partial charge in [-0.1, -0.05) is 55.0 Å². The van der Waals surface area contributed by atoms with Crippen molar-refractivity contribution in [2.45, 2.75) is 25.8 Å². The lowest BCUT2D eigenvalue weighted by atomic mass is 9.84. The van der Waals surface area contributed by atoms with Gasteiger partial charge in [-0.25, -0.2) is 0 Å². The predicted molar refractivity (Wildman–Crippen MR) is 118 cm³/mol. The van der Waals surface area contributed by atoms with Crippen LogP contribution in [0.4, 0.5) is 0 Å². The zero-order valence-corrected chi connectivity index (χ0v) is 17.2. The molecule has 2 aromatic carbocycles. The average Bonchev–Trinajstić information content (AvgIpc) is 3.12. The fourth-order valence-corrected chi connectivity index (χ4v) is 4.55. The van der Waals surface area contributed by atoms with E-state index in [1.807, 2.05) is 40.1 Å². The molecule has 0 unspecified atom stereocenters. The maximum atomic E-state index is 13.2. The molecular formula is C25H27N3O2. The summed E-state index contributed by atoms with van der Waals surface area (Å²) in [5.74, 6) is 0.632. The van der Waals surface area contributed by atoms with Crippen molar-refractivity contribution in [2.24, 2.45) is 5.92 Å². The van der Waals surface area contributed by atoms with Gasteiger partial charge >= 0.3 is 0 Å². The van der Waals surface area contributed by atoms with Crippen LogP contribution in [0.25, 0.3) is 22.2 Å². The van der Waals surface area contributed by atoms with Crippen molar-refractivity contribution >= 4 is 22.7 Å². The highest BCUT2D eigenvalue weighted by Crippen LogP contribution is 2.30. The Morgan fingerprint density at radius 3 is 2.20 bits per heavy atom. The number of piperazine rings is 1. The van der Waals surface area contributed by atoms with Gasteiger partial charge in [-0.3, -0.25) is 9.59 Å². The molecule has 5 nitrogen and oxygen atoms in total. The smallest absolute Gasteiger partial charge is 0.242 e. The Hall–Kier alpha value is -3.08. The van der Waals surface area contributed by atoms with Crippen molar-refractivity contribution in [3.8, 4) is 11.3 Å². The van der Waals surface area contributed by atoms with Gasteiger partial charge in [0.05, 0.1) is 0 Å². The first kappa shape index (κ1) is 18.9. The minimum Gasteiger partial charge on any atom is -0.339 e. The molecule has 1 aromatic heterocycles. The Kier molecular flexibility index (Phi) is 5.03. The summed E-state index contributed by atoms with van der Waals surface area (Å²) in [6.07, 6.45) is 3.23. The molecule has 0 N–H and O–H groups in total. The SMILES string of the molecule is O=C(Cn1c(-c2ccccc2)cc2ccccc21)N1CCN(C(=O)C2CCC2)CC1. The summed E-state index contributed by atoms with van der Waals surface area (Å²) in [7, 11) is 0.